The van der Waals surface area contributed by atoms with Crippen molar-refractivity contribution in [2.24, 2.45) is 11.8 Å². The Bertz CT molecular complexity index is 296. The number of nitrogens with zero attached hydrogens (tertiary/aromatic N) is 1. The number of hydrogen-bond donors (Lipinski definition) is 0. The molecule has 2 aliphatic carbocycles. The van der Waals surface area contributed by atoms with E-state index in [9.17, 15) is 4.79 Å². The molecule has 0 spiro atoms. The van der Waals surface area contributed by atoms with Crippen LogP contribution in [0.2, 0.25) is 0 Å². The molecule has 0 heterocycles. The van der Waals surface area contributed by atoms with Gasteiger partial charge >= 0.3 is 0 Å². The highest BCUT2D eigenvalue weighted by Gasteiger charge is 2.31. The second kappa shape index (κ2) is 8.17. The second-order valence-corrected chi connectivity index (χ2v) is 6.97. The van der Waals surface area contributed by atoms with E-state index in [0.717, 1.165) is 44.3 Å². The molecule has 0 radical (unpaired) electrons. The van der Waals surface area contributed by atoms with Crippen LogP contribution in [0.15, 0.2) is 0 Å². The summed E-state index contributed by atoms with van der Waals surface area (Å²) in [6.45, 7) is 6.70. The van der Waals surface area contributed by atoms with Crippen molar-refractivity contribution in [1.29, 1.82) is 0 Å². The molecule has 0 aromatic carbocycles. The molecule has 2 unspecified atom stereocenters. The van der Waals surface area contributed by atoms with Gasteiger partial charge in [-0.15, -0.1) is 0 Å². The van der Waals surface area contributed by atoms with Gasteiger partial charge in [-0.05, 0) is 38.1 Å². The number of ketones is 1. The lowest BCUT2D eigenvalue weighted by Gasteiger charge is -2.37. The van der Waals surface area contributed by atoms with Crippen molar-refractivity contribution in [3.8, 4) is 0 Å². The van der Waals surface area contributed by atoms with Gasteiger partial charge < -0.3 is 0 Å². The summed E-state index contributed by atoms with van der Waals surface area (Å²) >= 11 is 0. The zero-order chi connectivity index (χ0) is 14.4. The molecule has 2 saturated carbocycles. The first-order chi connectivity index (χ1) is 9.74. The summed E-state index contributed by atoms with van der Waals surface area (Å²) in [7, 11) is 0. The van der Waals surface area contributed by atoms with E-state index in [1.807, 2.05) is 0 Å². The molecule has 0 N–H and O–H groups in total. The normalized spacial score (nSPS) is 29.1. The van der Waals surface area contributed by atoms with Crippen LogP contribution < -0.4 is 0 Å². The maximum absolute atomic E-state index is 12.3. The molecular weight excluding hydrogens is 246 g/mol. The Morgan fingerprint density at radius 1 is 1.10 bits per heavy atom. The smallest absolute Gasteiger partial charge is 0.137 e. The van der Waals surface area contributed by atoms with Crippen LogP contribution in [0.1, 0.15) is 78.1 Å². The minimum atomic E-state index is 0.335. The molecule has 0 aromatic rings. The number of carbonyl (C=O) groups excluding carboxylic acids is 1. The molecule has 0 amide bonds. The lowest BCUT2D eigenvalue weighted by Crippen LogP contribution is -2.43. The van der Waals surface area contributed by atoms with Gasteiger partial charge in [0.2, 0.25) is 0 Å². The van der Waals surface area contributed by atoms with Crippen LogP contribution >= 0.6 is 0 Å². The standard InChI is InChI=1S/C18H33NO/c1-3-8-15-11-12-18(20)16(13-15)14-19(4-2)17-9-6-5-7-10-17/h15-17H,3-14H2,1-2H3. The Hall–Kier alpha value is -0.370. The van der Waals surface area contributed by atoms with Crippen LogP contribution in [0.4, 0.5) is 0 Å². The maximum atomic E-state index is 12.3. The molecule has 2 heteroatoms. The Labute approximate surface area is 125 Å². The van der Waals surface area contributed by atoms with Gasteiger partial charge in [0, 0.05) is 24.9 Å². The number of carbonyl (C=O) groups is 1. The van der Waals surface area contributed by atoms with E-state index in [0.29, 0.717) is 11.7 Å². The van der Waals surface area contributed by atoms with Crippen molar-refractivity contribution in [2.45, 2.75) is 84.1 Å². The third kappa shape index (κ3) is 4.31. The minimum absolute atomic E-state index is 0.335. The lowest BCUT2D eigenvalue weighted by atomic mass is 9.78. The fourth-order valence-corrected chi connectivity index (χ4v) is 4.31. The van der Waals surface area contributed by atoms with Gasteiger partial charge in [-0.3, -0.25) is 9.69 Å². The highest BCUT2D eigenvalue weighted by molar-refractivity contribution is 5.81. The van der Waals surface area contributed by atoms with E-state index in [1.165, 1.54) is 44.9 Å². The number of hydrogen-bond acceptors (Lipinski definition) is 2. The first kappa shape index (κ1) is 16.0. The van der Waals surface area contributed by atoms with Gasteiger partial charge in [-0.2, -0.15) is 0 Å². The van der Waals surface area contributed by atoms with Crippen molar-refractivity contribution >= 4 is 5.78 Å². The highest BCUT2D eigenvalue weighted by Crippen LogP contribution is 2.31. The number of rotatable bonds is 6. The van der Waals surface area contributed by atoms with Crippen molar-refractivity contribution in [2.75, 3.05) is 13.1 Å². The lowest BCUT2D eigenvalue weighted by molar-refractivity contribution is -0.126. The van der Waals surface area contributed by atoms with E-state index < -0.39 is 0 Å². The van der Waals surface area contributed by atoms with Crippen LogP contribution in [0.3, 0.4) is 0 Å². The van der Waals surface area contributed by atoms with Crippen LogP contribution in [0.5, 0.6) is 0 Å². The Morgan fingerprint density at radius 2 is 1.85 bits per heavy atom. The summed E-state index contributed by atoms with van der Waals surface area (Å²) in [4.78, 5) is 14.9. The van der Waals surface area contributed by atoms with E-state index in [1.54, 1.807) is 0 Å². The molecule has 2 nitrogen and oxygen atoms in total. The largest absolute Gasteiger partial charge is 0.300 e. The van der Waals surface area contributed by atoms with Gasteiger partial charge in [-0.1, -0.05) is 46.0 Å². The van der Waals surface area contributed by atoms with Crippen LogP contribution in [-0.2, 0) is 4.79 Å². The molecule has 116 valence electrons. The molecule has 2 rings (SSSR count). The third-order valence-electron chi connectivity index (χ3n) is 5.52. The predicted octanol–water partition coefficient (Wildman–Crippen LogP) is 4.43. The average molecular weight is 279 g/mol. The van der Waals surface area contributed by atoms with Crippen LogP contribution in [0.25, 0.3) is 0 Å². The van der Waals surface area contributed by atoms with Crippen LogP contribution in [0, 0.1) is 11.8 Å². The summed E-state index contributed by atoms with van der Waals surface area (Å²) in [5, 5.41) is 0. The summed E-state index contributed by atoms with van der Waals surface area (Å²) in [6.07, 6.45) is 12.6. The molecule has 0 bridgehead atoms. The summed E-state index contributed by atoms with van der Waals surface area (Å²) in [5.41, 5.74) is 0. The molecule has 2 aliphatic rings. The van der Waals surface area contributed by atoms with Gasteiger partial charge in [0.15, 0.2) is 0 Å². The summed E-state index contributed by atoms with van der Waals surface area (Å²) in [5.74, 6) is 1.70. The molecule has 20 heavy (non-hydrogen) atoms. The Morgan fingerprint density at radius 3 is 2.50 bits per heavy atom. The SMILES string of the molecule is CCCC1CCC(=O)C(CN(CC)C2CCCCC2)C1. The summed E-state index contributed by atoms with van der Waals surface area (Å²) < 4.78 is 0. The first-order valence-corrected chi connectivity index (χ1v) is 9.01. The topological polar surface area (TPSA) is 20.3 Å². The monoisotopic (exact) mass is 279 g/mol. The van der Waals surface area contributed by atoms with Crippen molar-refractivity contribution < 1.29 is 4.79 Å². The molecule has 0 aliphatic heterocycles. The van der Waals surface area contributed by atoms with Crippen molar-refractivity contribution in [1.82, 2.24) is 4.90 Å². The zero-order valence-electron chi connectivity index (χ0n) is 13.6. The number of Topliss-reactive ketones (excluding diaryl/α,β-unsaturated/α-hetero) is 1. The Kier molecular flexibility index (Phi) is 6.54. The Balaban J connectivity index is 1.89. The van der Waals surface area contributed by atoms with Gasteiger partial charge in [0.05, 0.1) is 0 Å². The van der Waals surface area contributed by atoms with Gasteiger partial charge in [0.25, 0.3) is 0 Å². The molecule has 2 fully saturated rings. The van der Waals surface area contributed by atoms with E-state index in [4.69, 9.17) is 0 Å². The fourth-order valence-electron chi connectivity index (χ4n) is 4.31. The maximum Gasteiger partial charge on any atom is 0.137 e. The van der Waals surface area contributed by atoms with Gasteiger partial charge in [0.1, 0.15) is 5.78 Å². The molecule has 0 aromatic heterocycles. The minimum Gasteiger partial charge on any atom is -0.300 e. The van der Waals surface area contributed by atoms with Crippen molar-refractivity contribution in [3.63, 3.8) is 0 Å². The molecule has 0 saturated heterocycles. The average Bonchev–Trinajstić information content (AvgIpc) is 2.49. The van der Waals surface area contributed by atoms with E-state index >= 15 is 0 Å². The fraction of sp³-hybridized carbons (Fsp3) is 0.944. The van der Waals surface area contributed by atoms with Crippen LogP contribution in [-0.4, -0.2) is 29.8 Å². The van der Waals surface area contributed by atoms with E-state index in [2.05, 4.69) is 18.7 Å². The molecule has 2 atom stereocenters. The van der Waals surface area contributed by atoms with Gasteiger partial charge in [-0.25, -0.2) is 0 Å². The first-order valence-electron chi connectivity index (χ1n) is 9.01. The zero-order valence-corrected chi connectivity index (χ0v) is 13.6. The molecular formula is C18H33NO. The van der Waals surface area contributed by atoms with E-state index in [-0.39, 0.29) is 0 Å². The third-order valence-corrected chi connectivity index (χ3v) is 5.52. The van der Waals surface area contributed by atoms with Crippen molar-refractivity contribution in [3.05, 3.63) is 0 Å². The summed E-state index contributed by atoms with van der Waals surface area (Å²) in [6, 6.07) is 0.758. The second-order valence-electron chi connectivity index (χ2n) is 6.97. The highest BCUT2D eigenvalue weighted by atomic mass is 16.1. The predicted molar refractivity (Wildman–Crippen MR) is 84.9 cm³/mol. The quantitative estimate of drug-likeness (QED) is 0.717.